The van der Waals surface area contributed by atoms with Crippen LogP contribution in [0.1, 0.15) is 16.8 Å². The Morgan fingerprint density at radius 3 is 2.65 bits per heavy atom. The molecular weight excluding hydrogens is 290 g/mol. The molecule has 4 N–H and O–H groups in total. The maximum absolute atomic E-state index is 10.1. The average molecular weight is 307 g/mol. The normalized spacial score (nSPS) is 11.8. The Labute approximate surface area is 133 Å². The maximum Gasteiger partial charge on any atom is 0.128 e. The van der Waals surface area contributed by atoms with Gasteiger partial charge in [-0.25, -0.2) is 0 Å². The van der Waals surface area contributed by atoms with Gasteiger partial charge in [0.2, 0.25) is 0 Å². The summed E-state index contributed by atoms with van der Waals surface area (Å²) >= 11 is 0. The summed E-state index contributed by atoms with van der Waals surface area (Å²) in [7, 11) is 0. The van der Waals surface area contributed by atoms with Gasteiger partial charge in [-0.3, -0.25) is 4.98 Å². The molecule has 5 heteroatoms. The average Bonchev–Trinajstić information content (AvgIpc) is 2.52. The van der Waals surface area contributed by atoms with E-state index in [1.807, 2.05) is 36.4 Å². The molecular formula is C18H17N3O2. The molecule has 116 valence electrons. The standard InChI is InChI=1S/C18H17N3O2/c1-11-8-14(22)10-17(23)18(11)16(21-19)9-13-7-6-12-4-2-3-5-15(12)20-13/h2-8,10,22-23H,9,19H2,1H3. The number of para-hydroxylation sites is 1. The molecule has 0 amide bonds. The fourth-order valence-electron chi connectivity index (χ4n) is 2.70. The molecule has 2 aromatic carbocycles. The lowest BCUT2D eigenvalue weighted by Gasteiger charge is -2.11. The van der Waals surface area contributed by atoms with Crippen LogP contribution in [-0.2, 0) is 6.42 Å². The minimum Gasteiger partial charge on any atom is -0.508 e. The first-order valence-corrected chi connectivity index (χ1v) is 7.23. The van der Waals surface area contributed by atoms with Crippen molar-refractivity contribution in [3.05, 3.63) is 65.4 Å². The SMILES string of the molecule is Cc1cc(O)cc(O)c1C(Cc1ccc2ccccc2n1)=NN. The number of phenols is 2. The number of nitrogens with two attached hydrogens (primary N) is 1. The highest BCUT2D eigenvalue weighted by Crippen LogP contribution is 2.28. The lowest BCUT2D eigenvalue weighted by molar-refractivity contribution is 0.449. The molecule has 3 rings (SSSR count). The Hall–Kier alpha value is -3.08. The van der Waals surface area contributed by atoms with Gasteiger partial charge in [0.05, 0.1) is 11.2 Å². The fraction of sp³-hybridized carbons (Fsp3) is 0.111. The van der Waals surface area contributed by atoms with Crippen LogP contribution in [0.4, 0.5) is 0 Å². The van der Waals surface area contributed by atoms with E-state index >= 15 is 0 Å². The van der Waals surface area contributed by atoms with E-state index in [0.29, 0.717) is 23.3 Å². The fourth-order valence-corrected chi connectivity index (χ4v) is 2.70. The second kappa shape index (κ2) is 5.96. The molecule has 5 nitrogen and oxygen atoms in total. The van der Waals surface area contributed by atoms with Crippen molar-refractivity contribution in [3.63, 3.8) is 0 Å². The van der Waals surface area contributed by atoms with Crippen LogP contribution in [0.15, 0.2) is 53.6 Å². The van der Waals surface area contributed by atoms with Gasteiger partial charge in [0, 0.05) is 29.1 Å². The molecule has 0 saturated heterocycles. The number of aromatic nitrogens is 1. The van der Waals surface area contributed by atoms with Gasteiger partial charge in [0.1, 0.15) is 11.5 Å². The number of hydrogen-bond donors (Lipinski definition) is 3. The van der Waals surface area contributed by atoms with Gasteiger partial charge in [-0.05, 0) is 30.7 Å². The molecule has 0 spiro atoms. The van der Waals surface area contributed by atoms with Crippen molar-refractivity contribution in [2.75, 3.05) is 0 Å². The number of pyridine rings is 1. The van der Waals surface area contributed by atoms with Gasteiger partial charge in [0.15, 0.2) is 0 Å². The molecule has 0 aliphatic rings. The molecule has 3 aromatic rings. The predicted octanol–water partition coefficient (Wildman–Crippen LogP) is 2.86. The largest absolute Gasteiger partial charge is 0.508 e. The molecule has 1 heterocycles. The summed E-state index contributed by atoms with van der Waals surface area (Å²) < 4.78 is 0. The molecule has 1 aromatic heterocycles. The highest BCUT2D eigenvalue weighted by atomic mass is 16.3. The van der Waals surface area contributed by atoms with Crippen molar-refractivity contribution in [1.82, 2.24) is 4.98 Å². The van der Waals surface area contributed by atoms with E-state index in [2.05, 4.69) is 10.1 Å². The third-order valence-corrected chi connectivity index (χ3v) is 3.75. The summed E-state index contributed by atoms with van der Waals surface area (Å²) in [5.74, 6) is 5.48. The Balaban J connectivity index is 1.99. The number of aryl methyl sites for hydroxylation is 1. The molecule has 0 fully saturated rings. The van der Waals surface area contributed by atoms with Gasteiger partial charge >= 0.3 is 0 Å². The van der Waals surface area contributed by atoms with E-state index in [9.17, 15) is 10.2 Å². The van der Waals surface area contributed by atoms with Crippen molar-refractivity contribution < 1.29 is 10.2 Å². The zero-order chi connectivity index (χ0) is 16.4. The van der Waals surface area contributed by atoms with Crippen molar-refractivity contribution in [2.24, 2.45) is 10.9 Å². The summed E-state index contributed by atoms with van der Waals surface area (Å²) in [6, 6.07) is 14.6. The van der Waals surface area contributed by atoms with E-state index in [1.165, 1.54) is 6.07 Å². The number of benzene rings is 2. The topological polar surface area (TPSA) is 91.7 Å². The van der Waals surface area contributed by atoms with Crippen LogP contribution in [0.3, 0.4) is 0 Å². The zero-order valence-electron chi connectivity index (χ0n) is 12.7. The Morgan fingerprint density at radius 1 is 1.13 bits per heavy atom. The van der Waals surface area contributed by atoms with Crippen molar-refractivity contribution in [2.45, 2.75) is 13.3 Å². The van der Waals surface area contributed by atoms with Crippen molar-refractivity contribution >= 4 is 16.6 Å². The molecule has 0 aliphatic heterocycles. The monoisotopic (exact) mass is 307 g/mol. The maximum atomic E-state index is 10.1. The van der Waals surface area contributed by atoms with Crippen LogP contribution in [0.5, 0.6) is 11.5 Å². The first-order chi connectivity index (χ1) is 11.1. The summed E-state index contributed by atoms with van der Waals surface area (Å²) in [5, 5.41) is 24.5. The zero-order valence-corrected chi connectivity index (χ0v) is 12.7. The summed E-state index contributed by atoms with van der Waals surface area (Å²) in [6.07, 6.45) is 0.389. The van der Waals surface area contributed by atoms with E-state index < -0.39 is 0 Å². The molecule has 0 bridgehead atoms. The number of phenolic OH excluding ortho intramolecular Hbond substituents is 2. The Kier molecular flexibility index (Phi) is 3.85. The summed E-state index contributed by atoms with van der Waals surface area (Å²) in [4.78, 5) is 4.60. The number of aromatic hydroxyl groups is 2. The predicted molar refractivity (Wildman–Crippen MR) is 90.7 cm³/mol. The van der Waals surface area contributed by atoms with Crippen LogP contribution in [0.25, 0.3) is 10.9 Å². The Morgan fingerprint density at radius 2 is 1.91 bits per heavy atom. The molecule has 0 saturated carbocycles. The van der Waals surface area contributed by atoms with Crippen LogP contribution >= 0.6 is 0 Å². The van der Waals surface area contributed by atoms with E-state index in [4.69, 9.17) is 5.84 Å². The van der Waals surface area contributed by atoms with Gasteiger partial charge in [-0.1, -0.05) is 24.3 Å². The number of rotatable bonds is 3. The third kappa shape index (κ3) is 2.94. The number of hydrogen-bond acceptors (Lipinski definition) is 5. The Bertz CT molecular complexity index is 881. The third-order valence-electron chi connectivity index (χ3n) is 3.75. The highest BCUT2D eigenvalue weighted by molar-refractivity contribution is 6.05. The van der Waals surface area contributed by atoms with Gasteiger partial charge in [0.25, 0.3) is 0 Å². The molecule has 0 radical (unpaired) electrons. The van der Waals surface area contributed by atoms with Gasteiger partial charge < -0.3 is 16.1 Å². The van der Waals surface area contributed by atoms with Gasteiger partial charge in [-0.2, -0.15) is 5.10 Å². The lowest BCUT2D eigenvalue weighted by Crippen LogP contribution is -2.11. The number of nitrogens with zero attached hydrogens (tertiary/aromatic N) is 2. The molecule has 0 unspecified atom stereocenters. The van der Waals surface area contributed by atoms with E-state index in [1.54, 1.807) is 13.0 Å². The minimum absolute atomic E-state index is 0.00366. The summed E-state index contributed by atoms with van der Waals surface area (Å²) in [5.41, 5.74) is 3.45. The minimum atomic E-state index is -0.0486. The molecule has 0 aliphatic carbocycles. The second-order valence-corrected chi connectivity index (χ2v) is 5.40. The van der Waals surface area contributed by atoms with Crippen LogP contribution in [0, 0.1) is 6.92 Å². The second-order valence-electron chi connectivity index (χ2n) is 5.40. The summed E-state index contributed by atoms with van der Waals surface area (Å²) in [6.45, 7) is 1.79. The van der Waals surface area contributed by atoms with Crippen LogP contribution < -0.4 is 5.84 Å². The quantitative estimate of drug-likeness (QED) is 0.394. The van der Waals surface area contributed by atoms with Crippen molar-refractivity contribution in [1.29, 1.82) is 0 Å². The smallest absolute Gasteiger partial charge is 0.128 e. The van der Waals surface area contributed by atoms with Crippen molar-refractivity contribution in [3.8, 4) is 11.5 Å². The molecule has 0 atom stereocenters. The number of hydrazone groups is 1. The van der Waals surface area contributed by atoms with E-state index in [0.717, 1.165) is 16.6 Å². The van der Waals surface area contributed by atoms with Crippen LogP contribution in [-0.4, -0.2) is 20.9 Å². The van der Waals surface area contributed by atoms with Gasteiger partial charge in [-0.15, -0.1) is 0 Å². The number of fused-ring (bicyclic) bond motifs is 1. The lowest BCUT2D eigenvalue weighted by atomic mass is 9.98. The molecule has 23 heavy (non-hydrogen) atoms. The first kappa shape index (κ1) is 14.8. The van der Waals surface area contributed by atoms with Crippen LogP contribution in [0.2, 0.25) is 0 Å². The first-order valence-electron chi connectivity index (χ1n) is 7.23. The van der Waals surface area contributed by atoms with E-state index in [-0.39, 0.29) is 11.5 Å². The highest BCUT2D eigenvalue weighted by Gasteiger charge is 2.15.